The molecule has 0 bridgehead atoms. The van der Waals surface area contributed by atoms with Crippen LogP contribution in [0, 0.1) is 0 Å². The average Bonchev–Trinajstić information content (AvgIpc) is 2.55. The predicted molar refractivity (Wildman–Crippen MR) is 86.1 cm³/mol. The molecule has 0 radical (unpaired) electrons. The van der Waals surface area contributed by atoms with Crippen LogP contribution in [0.5, 0.6) is 0 Å². The van der Waals surface area contributed by atoms with Gasteiger partial charge in [-0.25, -0.2) is 4.79 Å². The van der Waals surface area contributed by atoms with Crippen LogP contribution in [0.1, 0.15) is 34.8 Å². The Morgan fingerprint density at radius 3 is 2.82 bits per heavy atom. The van der Waals surface area contributed by atoms with E-state index in [0.717, 1.165) is 30.9 Å². The maximum atomic E-state index is 11.4. The lowest BCUT2D eigenvalue weighted by Crippen LogP contribution is -2.31. The van der Waals surface area contributed by atoms with Crippen LogP contribution in [0.25, 0.3) is 11.3 Å². The van der Waals surface area contributed by atoms with Gasteiger partial charge in [0.25, 0.3) is 0 Å². The van der Waals surface area contributed by atoms with Gasteiger partial charge in [-0.2, -0.15) is 0 Å². The highest BCUT2D eigenvalue weighted by molar-refractivity contribution is 5.95. The summed E-state index contributed by atoms with van der Waals surface area (Å²) in [5.74, 6) is -0.490. The maximum absolute atomic E-state index is 11.4. The summed E-state index contributed by atoms with van der Waals surface area (Å²) in [6, 6.07) is 13.0. The number of aromatic nitrogens is 1. The molecule has 0 aliphatic carbocycles. The largest absolute Gasteiger partial charge is 0.478 e. The smallest absolute Gasteiger partial charge is 0.336 e. The molecule has 1 fully saturated rings. The van der Waals surface area contributed by atoms with Crippen molar-refractivity contribution in [2.75, 3.05) is 20.1 Å². The van der Waals surface area contributed by atoms with Crippen molar-refractivity contribution in [1.82, 2.24) is 9.88 Å². The van der Waals surface area contributed by atoms with E-state index in [1.165, 1.54) is 6.42 Å². The summed E-state index contributed by atoms with van der Waals surface area (Å²) in [5, 5.41) is 9.35. The van der Waals surface area contributed by atoms with Crippen molar-refractivity contribution in [2.45, 2.75) is 18.8 Å². The molecule has 0 unspecified atom stereocenters. The Balaban J connectivity index is 1.96. The summed E-state index contributed by atoms with van der Waals surface area (Å²) in [6.45, 7) is 2.15. The first-order chi connectivity index (χ1) is 10.6. The first-order valence-electron chi connectivity index (χ1n) is 7.63. The van der Waals surface area contributed by atoms with Gasteiger partial charge in [0, 0.05) is 23.7 Å². The van der Waals surface area contributed by atoms with Crippen LogP contribution < -0.4 is 0 Å². The Hall–Kier alpha value is -2.20. The number of likely N-dealkylation sites (N-methyl/N-ethyl adjacent to an activating group) is 1. The van der Waals surface area contributed by atoms with Gasteiger partial charge < -0.3 is 10.0 Å². The summed E-state index contributed by atoms with van der Waals surface area (Å²) >= 11 is 0. The van der Waals surface area contributed by atoms with Crippen molar-refractivity contribution in [3.63, 3.8) is 0 Å². The van der Waals surface area contributed by atoms with Gasteiger partial charge in [0.2, 0.25) is 0 Å². The number of hydrogen-bond acceptors (Lipinski definition) is 3. The number of likely N-dealkylation sites (tertiary alicyclic amines) is 1. The zero-order valence-corrected chi connectivity index (χ0v) is 12.7. The molecular formula is C18H20N2O2. The van der Waals surface area contributed by atoms with Gasteiger partial charge in [-0.1, -0.05) is 24.3 Å². The summed E-state index contributed by atoms with van der Waals surface area (Å²) in [6.07, 6.45) is 2.32. The molecule has 2 heterocycles. The first kappa shape index (κ1) is 14.7. The Morgan fingerprint density at radius 1 is 1.23 bits per heavy atom. The number of hydrogen-bond donors (Lipinski definition) is 1. The second-order valence-electron chi connectivity index (χ2n) is 5.90. The molecule has 2 aromatic rings. The number of nitrogens with zero attached hydrogens (tertiary/aromatic N) is 2. The highest BCUT2D eigenvalue weighted by Gasteiger charge is 2.21. The summed E-state index contributed by atoms with van der Waals surface area (Å²) in [7, 11) is 2.13. The van der Waals surface area contributed by atoms with E-state index < -0.39 is 5.97 Å². The van der Waals surface area contributed by atoms with E-state index >= 15 is 0 Å². The van der Waals surface area contributed by atoms with E-state index in [9.17, 15) is 9.90 Å². The average molecular weight is 296 g/mol. The minimum absolute atomic E-state index is 0.299. The fourth-order valence-corrected chi connectivity index (χ4v) is 3.13. The highest BCUT2D eigenvalue weighted by atomic mass is 16.4. The maximum Gasteiger partial charge on any atom is 0.336 e. The number of carboxylic acid groups (broad SMARTS) is 1. The van der Waals surface area contributed by atoms with E-state index in [1.807, 2.05) is 24.3 Å². The van der Waals surface area contributed by atoms with Gasteiger partial charge in [-0.05, 0) is 44.6 Å². The van der Waals surface area contributed by atoms with Crippen molar-refractivity contribution < 1.29 is 9.90 Å². The van der Waals surface area contributed by atoms with Crippen LogP contribution in [0.4, 0.5) is 0 Å². The third-order valence-electron chi connectivity index (χ3n) is 4.25. The lowest BCUT2D eigenvalue weighted by Gasteiger charge is -2.29. The molecule has 22 heavy (non-hydrogen) atoms. The molecule has 4 nitrogen and oxygen atoms in total. The van der Waals surface area contributed by atoms with Crippen LogP contribution in [0.3, 0.4) is 0 Å². The van der Waals surface area contributed by atoms with Gasteiger partial charge in [-0.15, -0.1) is 0 Å². The monoisotopic (exact) mass is 296 g/mol. The van der Waals surface area contributed by atoms with Crippen molar-refractivity contribution in [3.8, 4) is 11.3 Å². The zero-order chi connectivity index (χ0) is 15.5. The van der Waals surface area contributed by atoms with E-state index in [-0.39, 0.29) is 0 Å². The molecule has 1 saturated heterocycles. The minimum atomic E-state index is -0.916. The second-order valence-corrected chi connectivity index (χ2v) is 5.90. The molecular weight excluding hydrogens is 276 g/mol. The highest BCUT2D eigenvalue weighted by Crippen LogP contribution is 2.28. The third kappa shape index (κ3) is 3.02. The number of carboxylic acids is 1. The summed E-state index contributed by atoms with van der Waals surface area (Å²) in [5.41, 5.74) is 2.78. The molecule has 0 spiro atoms. The van der Waals surface area contributed by atoms with Gasteiger partial charge in [0.1, 0.15) is 0 Å². The van der Waals surface area contributed by atoms with Crippen LogP contribution in [0.15, 0.2) is 42.5 Å². The fraction of sp³-hybridized carbons (Fsp3) is 0.333. The van der Waals surface area contributed by atoms with Gasteiger partial charge in [0.05, 0.1) is 11.3 Å². The number of benzene rings is 1. The number of piperidine rings is 1. The Morgan fingerprint density at radius 2 is 2.05 bits per heavy atom. The van der Waals surface area contributed by atoms with Crippen LogP contribution >= 0.6 is 0 Å². The lowest BCUT2D eigenvalue weighted by molar-refractivity contribution is 0.0697. The van der Waals surface area contributed by atoms with Crippen LogP contribution in [-0.2, 0) is 0 Å². The van der Waals surface area contributed by atoms with E-state index in [1.54, 1.807) is 12.1 Å². The summed E-state index contributed by atoms with van der Waals surface area (Å²) < 4.78 is 0. The van der Waals surface area contributed by atoms with Crippen molar-refractivity contribution in [1.29, 1.82) is 0 Å². The third-order valence-corrected chi connectivity index (χ3v) is 4.25. The molecule has 1 aromatic carbocycles. The SMILES string of the molecule is CN1CCC[C@H](c2cccc(-c3ccccc3C(=O)O)n2)C1. The Labute approximate surface area is 130 Å². The minimum Gasteiger partial charge on any atom is -0.478 e. The molecule has 0 saturated carbocycles. The molecule has 1 aromatic heterocycles. The molecule has 3 rings (SSSR count). The van der Waals surface area contributed by atoms with Crippen molar-refractivity contribution >= 4 is 5.97 Å². The standard InChI is InChI=1S/C18H20N2O2/c1-20-11-5-6-13(12-20)16-9-4-10-17(19-16)14-7-2-3-8-15(14)18(21)22/h2-4,7-10,13H,5-6,11-12H2,1H3,(H,21,22)/t13-/m0/s1. The van der Waals surface area contributed by atoms with Crippen molar-refractivity contribution in [3.05, 3.63) is 53.7 Å². The van der Waals surface area contributed by atoms with Gasteiger partial charge >= 0.3 is 5.97 Å². The number of carbonyl (C=O) groups is 1. The summed E-state index contributed by atoms with van der Waals surface area (Å²) in [4.78, 5) is 18.5. The molecule has 1 N–H and O–H groups in total. The molecule has 4 heteroatoms. The number of aromatic carboxylic acids is 1. The van der Waals surface area contributed by atoms with Gasteiger partial charge in [-0.3, -0.25) is 4.98 Å². The normalized spacial score (nSPS) is 19.0. The van der Waals surface area contributed by atoms with E-state index in [2.05, 4.69) is 18.0 Å². The van der Waals surface area contributed by atoms with Gasteiger partial charge in [0.15, 0.2) is 0 Å². The van der Waals surface area contributed by atoms with Crippen molar-refractivity contribution in [2.24, 2.45) is 0 Å². The van der Waals surface area contributed by atoms with Crippen LogP contribution in [0.2, 0.25) is 0 Å². The number of rotatable bonds is 3. The zero-order valence-electron chi connectivity index (χ0n) is 12.7. The Bertz CT molecular complexity index is 684. The van der Waals surface area contributed by atoms with E-state index in [0.29, 0.717) is 17.0 Å². The fourth-order valence-electron chi connectivity index (χ4n) is 3.13. The molecule has 0 amide bonds. The molecule has 1 aliphatic rings. The first-order valence-corrected chi connectivity index (χ1v) is 7.63. The topological polar surface area (TPSA) is 53.4 Å². The Kier molecular flexibility index (Phi) is 4.20. The molecule has 1 atom stereocenters. The predicted octanol–water partition coefficient (Wildman–Crippen LogP) is 3.26. The molecule has 114 valence electrons. The second kappa shape index (κ2) is 6.28. The van der Waals surface area contributed by atoms with E-state index in [4.69, 9.17) is 4.98 Å². The molecule has 1 aliphatic heterocycles. The number of pyridine rings is 1. The van der Waals surface area contributed by atoms with Crippen LogP contribution in [-0.4, -0.2) is 41.1 Å². The quantitative estimate of drug-likeness (QED) is 0.944. The lowest BCUT2D eigenvalue weighted by atomic mass is 9.94.